The molecular weight excluding hydrogens is 232 g/mol. The second-order valence-electron chi connectivity index (χ2n) is 3.67. The summed E-state index contributed by atoms with van der Waals surface area (Å²) in [5, 5.41) is 18.4. The van der Waals surface area contributed by atoms with Crippen LogP contribution < -0.4 is 0 Å². The van der Waals surface area contributed by atoms with E-state index in [1.54, 1.807) is 0 Å². The largest absolute Gasteiger partial charge is 0.479 e. The third-order valence-corrected chi connectivity index (χ3v) is 3.39. The predicted octanol–water partition coefficient (Wildman–Crippen LogP) is 0.382. The van der Waals surface area contributed by atoms with Crippen LogP contribution >= 0.6 is 0 Å². The molecule has 1 unspecified atom stereocenters. The fourth-order valence-corrected chi connectivity index (χ4v) is 1.78. The molecule has 0 amide bonds. The first-order valence-corrected chi connectivity index (χ1v) is 6.31. The second kappa shape index (κ2) is 3.88. The number of aliphatic hydroxyl groups is 1. The molecular formula is C10H12O5S. The average molecular weight is 244 g/mol. The summed E-state index contributed by atoms with van der Waals surface area (Å²) in [6.45, 7) is 1.13. The van der Waals surface area contributed by atoms with Gasteiger partial charge in [0, 0.05) is 6.26 Å². The van der Waals surface area contributed by atoms with Gasteiger partial charge in [-0.15, -0.1) is 0 Å². The number of hydrogen-bond donors (Lipinski definition) is 2. The molecule has 6 heteroatoms. The maximum absolute atomic E-state index is 11.1. The molecule has 1 rings (SSSR count). The lowest BCUT2D eigenvalue weighted by atomic mass is 9.97. The second-order valence-corrected chi connectivity index (χ2v) is 5.69. The standard InChI is InChI=1S/C10H12O5S/c1-10(13,9(11)12)7-3-5-8(6-4-7)16(2,14)15/h3-6,13H,1-2H3,(H,11,12). The minimum absolute atomic E-state index is 0.0810. The number of carbonyl (C=O) groups is 1. The lowest BCUT2D eigenvalue weighted by Crippen LogP contribution is -2.31. The van der Waals surface area contributed by atoms with E-state index < -0.39 is 21.4 Å². The molecule has 0 bridgehead atoms. The van der Waals surface area contributed by atoms with Crippen LogP contribution in [-0.4, -0.2) is 30.9 Å². The Labute approximate surface area is 93.3 Å². The molecule has 5 nitrogen and oxygen atoms in total. The summed E-state index contributed by atoms with van der Waals surface area (Å²) in [5.41, 5.74) is -1.89. The van der Waals surface area contributed by atoms with Crippen molar-refractivity contribution >= 4 is 15.8 Å². The summed E-state index contributed by atoms with van der Waals surface area (Å²) in [5.74, 6) is -1.39. The van der Waals surface area contributed by atoms with Crippen LogP contribution in [0.15, 0.2) is 29.2 Å². The molecule has 1 atom stereocenters. The summed E-state index contributed by atoms with van der Waals surface area (Å²) in [7, 11) is -3.31. The van der Waals surface area contributed by atoms with Crippen LogP contribution in [0.3, 0.4) is 0 Å². The molecule has 0 saturated heterocycles. The highest BCUT2D eigenvalue weighted by molar-refractivity contribution is 7.90. The smallest absolute Gasteiger partial charge is 0.340 e. The zero-order valence-electron chi connectivity index (χ0n) is 8.84. The van der Waals surface area contributed by atoms with E-state index in [4.69, 9.17) is 5.11 Å². The molecule has 0 aliphatic carbocycles. The van der Waals surface area contributed by atoms with Crippen molar-refractivity contribution < 1.29 is 23.4 Å². The molecule has 0 fully saturated rings. The van der Waals surface area contributed by atoms with Gasteiger partial charge in [0.2, 0.25) is 0 Å². The minimum Gasteiger partial charge on any atom is -0.479 e. The van der Waals surface area contributed by atoms with Gasteiger partial charge in [-0.25, -0.2) is 13.2 Å². The first-order valence-electron chi connectivity index (χ1n) is 4.42. The van der Waals surface area contributed by atoms with Gasteiger partial charge < -0.3 is 10.2 Å². The van der Waals surface area contributed by atoms with Crippen molar-refractivity contribution in [3.05, 3.63) is 29.8 Å². The van der Waals surface area contributed by atoms with Gasteiger partial charge >= 0.3 is 5.97 Å². The molecule has 88 valence electrons. The maximum Gasteiger partial charge on any atom is 0.340 e. The normalized spacial score (nSPS) is 15.4. The van der Waals surface area contributed by atoms with Crippen LogP contribution in [0.4, 0.5) is 0 Å². The Morgan fingerprint density at radius 3 is 2.00 bits per heavy atom. The number of sulfone groups is 1. The van der Waals surface area contributed by atoms with E-state index in [2.05, 4.69) is 0 Å². The van der Waals surface area contributed by atoms with Gasteiger partial charge in [0.15, 0.2) is 15.4 Å². The quantitative estimate of drug-likeness (QED) is 0.802. The minimum atomic E-state index is -3.31. The van der Waals surface area contributed by atoms with Crippen molar-refractivity contribution in [3.63, 3.8) is 0 Å². The zero-order chi connectivity index (χ0) is 12.6. The molecule has 1 aromatic carbocycles. The van der Waals surface area contributed by atoms with E-state index in [1.807, 2.05) is 0 Å². The fraction of sp³-hybridized carbons (Fsp3) is 0.300. The molecule has 2 N–H and O–H groups in total. The molecule has 0 saturated carbocycles. The van der Waals surface area contributed by atoms with Gasteiger partial charge in [0.25, 0.3) is 0 Å². The first-order chi connectivity index (χ1) is 7.15. The van der Waals surface area contributed by atoms with E-state index >= 15 is 0 Å². The monoisotopic (exact) mass is 244 g/mol. The van der Waals surface area contributed by atoms with E-state index in [-0.39, 0.29) is 10.5 Å². The molecule has 1 aromatic rings. The highest BCUT2D eigenvalue weighted by Crippen LogP contribution is 2.22. The summed E-state index contributed by atoms with van der Waals surface area (Å²) in [6, 6.07) is 5.10. The van der Waals surface area contributed by atoms with Crippen molar-refractivity contribution in [1.82, 2.24) is 0 Å². The van der Waals surface area contributed by atoms with E-state index in [1.165, 1.54) is 24.3 Å². The van der Waals surface area contributed by atoms with Crippen molar-refractivity contribution in [3.8, 4) is 0 Å². The van der Waals surface area contributed by atoms with Crippen LogP contribution in [0, 0.1) is 0 Å². The molecule has 0 aliphatic rings. The Morgan fingerprint density at radius 1 is 1.25 bits per heavy atom. The lowest BCUT2D eigenvalue weighted by molar-refractivity contribution is -0.157. The van der Waals surface area contributed by atoms with Gasteiger partial charge in [-0.05, 0) is 24.6 Å². The van der Waals surface area contributed by atoms with Crippen molar-refractivity contribution in [2.45, 2.75) is 17.4 Å². The van der Waals surface area contributed by atoms with Gasteiger partial charge in [0.05, 0.1) is 4.90 Å². The summed E-state index contributed by atoms with van der Waals surface area (Å²) in [6.07, 6.45) is 1.05. The first kappa shape index (κ1) is 12.7. The predicted molar refractivity (Wildman–Crippen MR) is 56.8 cm³/mol. The molecule has 0 spiro atoms. The van der Waals surface area contributed by atoms with Crippen LogP contribution in [0.1, 0.15) is 12.5 Å². The fourth-order valence-electron chi connectivity index (χ4n) is 1.15. The zero-order valence-corrected chi connectivity index (χ0v) is 9.65. The molecule has 0 radical (unpaired) electrons. The van der Waals surface area contributed by atoms with E-state index in [0.717, 1.165) is 13.2 Å². The van der Waals surface area contributed by atoms with Crippen LogP contribution in [-0.2, 0) is 20.2 Å². The Morgan fingerprint density at radius 2 is 1.69 bits per heavy atom. The number of hydrogen-bond acceptors (Lipinski definition) is 4. The highest BCUT2D eigenvalue weighted by Gasteiger charge is 2.32. The van der Waals surface area contributed by atoms with Gasteiger partial charge in [-0.3, -0.25) is 0 Å². The Kier molecular flexibility index (Phi) is 3.07. The van der Waals surface area contributed by atoms with Gasteiger partial charge in [0.1, 0.15) is 0 Å². The van der Waals surface area contributed by atoms with Crippen molar-refractivity contribution in [1.29, 1.82) is 0 Å². The molecule has 0 aliphatic heterocycles. The van der Waals surface area contributed by atoms with Crippen molar-refractivity contribution in [2.75, 3.05) is 6.26 Å². The van der Waals surface area contributed by atoms with Crippen LogP contribution in [0.25, 0.3) is 0 Å². The number of aliphatic carboxylic acids is 1. The van der Waals surface area contributed by atoms with Crippen LogP contribution in [0.5, 0.6) is 0 Å². The SMILES string of the molecule is CC(O)(C(=O)O)c1ccc(S(C)(=O)=O)cc1. The molecule has 0 heterocycles. The number of carboxylic acids is 1. The van der Waals surface area contributed by atoms with E-state index in [9.17, 15) is 18.3 Å². The third-order valence-electron chi connectivity index (χ3n) is 2.26. The number of rotatable bonds is 3. The summed E-state index contributed by atoms with van der Waals surface area (Å²) >= 11 is 0. The Balaban J connectivity index is 3.19. The van der Waals surface area contributed by atoms with Gasteiger partial charge in [-0.1, -0.05) is 12.1 Å². The summed E-state index contributed by atoms with van der Waals surface area (Å²) < 4.78 is 22.3. The number of carboxylic acid groups (broad SMARTS) is 1. The van der Waals surface area contributed by atoms with E-state index in [0.29, 0.717) is 0 Å². The molecule has 16 heavy (non-hydrogen) atoms. The van der Waals surface area contributed by atoms with Crippen molar-refractivity contribution in [2.24, 2.45) is 0 Å². The summed E-state index contributed by atoms with van der Waals surface area (Å²) in [4.78, 5) is 10.8. The maximum atomic E-state index is 11.1. The topological polar surface area (TPSA) is 91.7 Å². The molecule has 0 aromatic heterocycles. The third kappa shape index (κ3) is 2.40. The van der Waals surface area contributed by atoms with Crippen LogP contribution in [0.2, 0.25) is 0 Å². The van der Waals surface area contributed by atoms with Gasteiger partial charge in [-0.2, -0.15) is 0 Å². The average Bonchev–Trinajstić information content (AvgIpc) is 2.16. The Hall–Kier alpha value is -1.40. The lowest BCUT2D eigenvalue weighted by Gasteiger charge is -2.18. The number of benzene rings is 1. The highest BCUT2D eigenvalue weighted by atomic mass is 32.2. The Bertz CT molecular complexity index is 499.